The third-order valence-corrected chi connectivity index (χ3v) is 2.95. The van der Waals surface area contributed by atoms with Crippen molar-refractivity contribution in [2.24, 2.45) is 0 Å². The van der Waals surface area contributed by atoms with Gasteiger partial charge in [0.25, 0.3) is 0 Å². The molecule has 82 valence electrons. The fourth-order valence-corrected chi connectivity index (χ4v) is 1.67. The molecule has 1 aromatic rings. The minimum Gasteiger partial charge on any atom is -0.373 e. The molecular weight excluding hydrogens is 233 g/mol. The highest BCUT2D eigenvalue weighted by Crippen LogP contribution is 2.31. The van der Waals surface area contributed by atoms with E-state index in [-0.39, 0.29) is 5.78 Å². The van der Waals surface area contributed by atoms with Crippen LogP contribution in [0.25, 0.3) is 0 Å². The Kier molecular flexibility index (Phi) is 4.43. The summed E-state index contributed by atoms with van der Waals surface area (Å²) in [4.78, 5) is 12.8. The third kappa shape index (κ3) is 3.40. The highest BCUT2D eigenvalue weighted by molar-refractivity contribution is 6.43. The molecule has 0 bridgehead atoms. The summed E-state index contributed by atoms with van der Waals surface area (Å²) in [5.74, 6) is 0.167. The van der Waals surface area contributed by atoms with Crippen LogP contribution in [-0.2, 0) is 4.79 Å². The van der Waals surface area contributed by atoms with Crippen molar-refractivity contribution in [2.75, 3.05) is 18.5 Å². The van der Waals surface area contributed by atoms with Crippen molar-refractivity contribution >= 4 is 34.7 Å². The Balaban J connectivity index is 2.77. The number of rotatable bonds is 4. The quantitative estimate of drug-likeness (QED) is 0.811. The fourth-order valence-electron chi connectivity index (χ4n) is 1.23. The van der Waals surface area contributed by atoms with Crippen molar-refractivity contribution in [2.45, 2.75) is 13.3 Å². The number of nitrogens with zero attached hydrogens (tertiary/aromatic N) is 1. The smallest absolute Gasteiger partial charge is 0.131 e. The zero-order chi connectivity index (χ0) is 11.4. The molecule has 1 rings (SSSR count). The van der Waals surface area contributed by atoms with E-state index in [0.29, 0.717) is 23.0 Å². The van der Waals surface area contributed by atoms with Gasteiger partial charge in [-0.05, 0) is 19.1 Å². The maximum atomic E-state index is 10.8. The number of halogens is 2. The summed E-state index contributed by atoms with van der Waals surface area (Å²) in [6.07, 6.45) is 0.513. The monoisotopic (exact) mass is 245 g/mol. The van der Waals surface area contributed by atoms with Crippen molar-refractivity contribution in [3.8, 4) is 0 Å². The Bertz CT molecular complexity index is 366. The van der Waals surface area contributed by atoms with Crippen molar-refractivity contribution in [3.63, 3.8) is 0 Å². The Morgan fingerprint density at radius 1 is 1.40 bits per heavy atom. The maximum Gasteiger partial charge on any atom is 0.131 e. The third-order valence-electron chi connectivity index (χ3n) is 2.14. The summed E-state index contributed by atoms with van der Waals surface area (Å²) in [5, 5.41) is 1.06. The Morgan fingerprint density at radius 3 is 2.67 bits per heavy atom. The predicted octanol–water partition coefficient (Wildman–Crippen LogP) is 3.41. The van der Waals surface area contributed by atoms with Crippen LogP contribution in [0, 0.1) is 0 Å². The molecule has 1 aromatic carbocycles. The lowest BCUT2D eigenvalue weighted by Gasteiger charge is -2.20. The van der Waals surface area contributed by atoms with E-state index >= 15 is 0 Å². The number of hydrogen-bond acceptors (Lipinski definition) is 2. The first-order valence-corrected chi connectivity index (χ1v) is 5.42. The molecule has 0 aliphatic carbocycles. The number of Topliss-reactive ketones (excluding diaryl/α,β-unsaturated/α-hetero) is 1. The average Bonchev–Trinajstić information content (AvgIpc) is 2.18. The normalized spacial score (nSPS) is 10.1. The van der Waals surface area contributed by atoms with E-state index < -0.39 is 0 Å². The molecule has 0 saturated heterocycles. The number of ketones is 1. The zero-order valence-electron chi connectivity index (χ0n) is 8.76. The number of hydrogen-bond donors (Lipinski definition) is 0. The van der Waals surface area contributed by atoms with Crippen LogP contribution >= 0.6 is 23.2 Å². The topological polar surface area (TPSA) is 20.3 Å². The van der Waals surface area contributed by atoms with E-state index in [0.717, 1.165) is 5.69 Å². The van der Waals surface area contributed by atoms with Crippen LogP contribution in [0.15, 0.2) is 18.2 Å². The van der Waals surface area contributed by atoms with Crippen molar-refractivity contribution in [3.05, 3.63) is 28.2 Å². The summed E-state index contributed by atoms with van der Waals surface area (Å²) >= 11 is 11.9. The van der Waals surface area contributed by atoms with Gasteiger partial charge in [-0.2, -0.15) is 0 Å². The Morgan fingerprint density at radius 2 is 2.07 bits per heavy atom. The van der Waals surface area contributed by atoms with Crippen LogP contribution in [0.4, 0.5) is 5.69 Å². The van der Waals surface area contributed by atoms with Crippen LogP contribution in [0.5, 0.6) is 0 Å². The molecule has 0 aromatic heterocycles. The number of benzene rings is 1. The molecule has 0 amide bonds. The molecule has 0 N–H and O–H groups in total. The molecule has 15 heavy (non-hydrogen) atoms. The van der Waals surface area contributed by atoms with Gasteiger partial charge < -0.3 is 4.90 Å². The lowest BCUT2D eigenvalue weighted by atomic mass is 10.2. The Hall–Kier alpha value is -0.730. The fraction of sp³-hybridized carbons (Fsp3) is 0.364. The van der Waals surface area contributed by atoms with E-state index in [2.05, 4.69) is 0 Å². The second-order valence-electron chi connectivity index (χ2n) is 3.45. The number of carbonyl (C=O) groups excluding carboxylic acids is 1. The van der Waals surface area contributed by atoms with Crippen molar-refractivity contribution in [1.29, 1.82) is 0 Å². The predicted molar refractivity (Wildman–Crippen MR) is 65.0 cm³/mol. The summed E-state index contributed by atoms with van der Waals surface area (Å²) < 4.78 is 0. The van der Waals surface area contributed by atoms with Gasteiger partial charge in [0, 0.05) is 20.0 Å². The summed E-state index contributed by atoms with van der Waals surface area (Å²) in [6, 6.07) is 5.47. The second-order valence-corrected chi connectivity index (χ2v) is 4.23. The van der Waals surface area contributed by atoms with Crippen molar-refractivity contribution < 1.29 is 4.79 Å². The molecule has 0 aliphatic heterocycles. The molecule has 0 saturated carbocycles. The highest BCUT2D eigenvalue weighted by atomic mass is 35.5. The molecule has 0 aliphatic rings. The molecule has 0 heterocycles. The molecule has 0 radical (unpaired) electrons. The van der Waals surface area contributed by atoms with E-state index in [9.17, 15) is 4.79 Å². The molecule has 0 unspecified atom stereocenters. The summed E-state index contributed by atoms with van der Waals surface area (Å²) in [7, 11) is 1.89. The van der Waals surface area contributed by atoms with Gasteiger partial charge in [0.1, 0.15) is 5.78 Å². The van der Waals surface area contributed by atoms with Crippen molar-refractivity contribution in [1.82, 2.24) is 0 Å². The average molecular weight is 246 g/mol. The van der Waals surface area contributed by atoms with Gasteiger partial charge in [0.2, 0.25) is 0 Å². The number of anilines is 1. The van der Waals surface area contributed by atoms with Crippen LogP contribution in [-0.4, -0.2) is 19.4 Å². The first kappa shape index (κ1) is 12.3. The standard InChI is InChI=1S/C11H13Cl2NO/c1-8(15)6-7-14(2)10-5-3-4-9(12)11(10)13/h3-5H,6-7H2,1-2H3. The highest BCUT2D eigenvalue weighted by Gasteiger charge is 2.08. The first-order chi connectivity index (χ1) is 7.02. The van der Waals surface area contributed by atoms with E-state index in [1.54, 1.807) is 13.0 Å². The van der Waals surface area contributed by atoms with Crippen LogP contribution in [0.1, 0.15) is 13.3 Å². The van der Waals surface area contributed by atoms with Gasteiger partial charge in [-0.15, -0.1) is 0 Å². The summed E-state index contributed by atoms with van der Waals surface area (Å²) in [5.41, 5.74) is 0.852. The minimum absolute atomic E-state index is 0.167. The van der Waals surface area contributed by atoms with Crippen LogP contribution in [0.2, 0.25) is 10.0 Å². The summed E-state index contributed by atoms with van der Waals surface area (Å²) in [6.45, 7) is 2.23. The Labute approximate surface area is 99.8 Å². The van der Waals surface area contributed by atoms with Gasteiger partial charge in [-0.3, -0.25) is 4.79 Å². The zero-order valence-corrected chi connectivity index (χ0v) is 10.3. The molecule has 4 heteroatoms. The molecule has 0 spiro atoms. The van der Waals surface area contributed by atoms with Gasteiger partial charge in [-0.25, -0.2) is 0 Å². The van der Waals surface area contributed by atoms with Crippen LogP contribution in [0.3, 0.4) is 0 Å². The maximum absolute atomic E-state index is 10.8. The van der Waals surface area contributed by atoms with E-state index in [4.69, 9.17) is 23.2 Å². The second kappa shape index (κ2) is 5.38. The SMILES string of the molecule is CC(=O)CCN(C)c1cccc(Cl)c1Cl. The number of carbonyl (C=O) groups is 1. The largest absolute Gasteiger partial charge is 0.373 e. The first-order valence-electron chi connectivity index (χ1n) is 4.67. The van der Waals surface area contributed by atoms with Gasteiger partial charge in [0.15, 0.2) is 0 Å². The lowest BCUT2D eigenvalue weighted by Crippen LogP contribution is -2.20. The minimum atomic E-state index is 0.167. The van der Waals surface area contributed by atoms with Gasteiger partial charge in [-0.1, -0.05) is 29.3 Å². The molecule has 2 nitrogen and oxygen atoms in total. The van der Waals surface area contributed by atoms with Crippen LogP contribution < -0.4 is 4.90 Å². The molecular formula is C11H13Cl2NO. The lowest BCUT2D eigenvalue weighted by molar-refractivity contribution is -0.116. The molecule has 0 atom stereocenters. The molecule has 0 fully saturated rings. The van der Waals surface area contributed by atoms with E-state index in [1.165, 1.54) is 0 Å². The van der Waals surface area contributed by atoms with Gasteiger partial charge >= 0.3 is 0 Å². The van der Waals surface area contributed by atoms with Gasteiger partial charge in [0.05, 0.1) is 15.7 Å². The van der Waals surface area contributed by atoms with E-state index in [1.807, 2.05) is 24.1 Å².